The van der Waals surface area contributed by atoms with Gasteiger partial charge in [0.2, 0.25) is 0 Å². The van der Waals surface area contributed by atoms with Crippen LogP contribution in [0.3, 0.4) is 0 Å². The molecule has 1 saturated heterocycles. The zero-order chi connectivity index (χ0) is 32.8. The monoisotopic (exact) mass is 615 g/mol. The maximum atomic E-state index is 11.9. The van der Waals surface area contributed by atoms with E-state index >= 15 is 0 Å². The van der Waals surface area contributed by atoms with Crippen LogP contribution >= 0.6 is 0 Å². The summed E-state index contributed by atoms with van der Waals surface area (Å²) in [6.07, 6.45) is 26.8. The fourth-order valence-corrected chi connectivity index (χ4v) is 12.6. The average molecular weight is 616 g/mol. The summed E-state index contributed by atoms with van der Waals surface area (Å²) < 4.78 is 12.5. The predicted octanol–water partition coefficient (Wildman–Crippen LogP) is 6.47. The zero-order valence-electron chi connectivity index (χ0n) is 28.5. The predicted molar refractivity (Wildman–Crippen MR) is 179 cm³/mol. The summed E-state index contributed by atoms with van der Waals surface area (Å²) in [5, 5.41) is 21.5. The molecule has 0 aromatic rings. The summed E-state index contributed by atoms with van der Waals surface area (Å²) >= 11 is 0. The Hall–Kier alpha value is -1.57. The lowest BCUT2D eigenvalue weighted by atomic mass is 9.46. The lowest BCUT2D eigenvalue weighted by Gasteiger charge is -2.60. The second-order valence-corrected chi connectivity index (χ2v) is 15.7. The minimum atomic E-state index is -1.12. The van der Waals surface area contributed by atoms with E-state index in [4.69, 9.17) is 14.6 Å². The van der Waals surface area contributed by atoms with E-state index in [-0.39, 0.29) is 25.6 Å². The molecular weight excluding hydrogens is 550 g/mol. The van der Waals surface area contributed by atoms with Crippen LogP contribution in [0.1, 0.15) is 114 Å². The number of nitrogens with one attached hydrogen (secondary N) is 1. The third-order valence-electron chi connectivity index (χ3n) is 14.0. The molecule has 3 N–H and O–H groups in total. The number of ether oxygens (including phenoxy) is 2. The van der Waals surface area contributed by atoms with Crippen LogP contribution in [-0.4, -0.2) is 60.3 Å². The average Bonchev–Trinajstić information content (AvgIpc) is 3.36. The van der Waals surface area contributed by atoms with Crippen LogP contribution in [0.5, 0.6) is 0 Å². The molecule has 2 spiro atoms. The van der Waals surface area contributed by atoms with E-state index in [0.29, 0.717) is 33.6 Å². The molecule has 252 valence electrons. The van der Waals surface area contributed by atoms with E-state index in [9.17, 15) is 9.90 Å². The van der Waals surface area contributed by atoms with Gasteiger partial charge >= 0.3 is 5.97 Å². The van der Waals surface area contributed by atoms with Crippen molar-refractivity contribution in [1.29, 1.82) is 0 Å². The Balaban J connectivity index is 0.000000911. The van der Waals surface area contributed by atoms with Crippen LogP contribution in [0.4, 0.5) is 0 Å². The first-order valence-electron chi connectivity index (χ1n) is 16.6. The van der Waals surface area contributed by atoms with Crippen molar-refractivity contribution in [3.8, 4) is 25.7 Å². The highest BCUT2D eigenvalue weighted by Crippen LogP contribution is 2.89. The number of esters is 1. The molecule has 6 heteroatoms. The van der Waals surface area contributed by atoms with Gasteiger partial charge in [0.25, 0.3) is 0 Å². The third-order valence-corrected chi connectivity index (χ3v) is 14.0. The van der Waals surface area contributed by atoms with Crippen molar-refractivity contribution >= 4 is 5.97 Å². The van der Waals surface area contributed by atoms with Crippen molar-refractivity contribution in [2.24, 2.45) is 51.2 Å². The molecule has 6 aliphatic rings. The molecule has 0 amide bonds. The summed E-state index contributed by atoms with van der Waals surface area (Å²) in [6, 6.07) is 0.638. The van der Waals surface area contributed by atoms with E-state index in [1.54, 1.807) is 13.8 Å². The third kappa shape index (κ3) is 5.35. The Morgan fingerprint density at radius 3 is 2.07 bits per heavy atom. The molecule has 6 fully saturated rings. The molecule has 6 unspecified atom stereocenters. The molecule has 44 heavy (non-hydrogen) atoms. The van der Waals surface area contributed by atoms with Gasteiger partial charge in [-0.1, -0.05) is 35.1 Å². The lowest BCUT2D eigenvalue weighted by molar-refractivity contribution is -0.200. The summed E-state index contributed by atoms with van der Waals surface area (Å²) in [5.74, 6) is 3.49. The molecule has 0 bridgehead atoms. The summed E-state index contributed by atoms with van der Waals surface area (Å²) in [7, 11) is 3.17. The topological polar surface area (TPSA) is 88.0 Å². The molecule has 1 aliphatic heterocycles. The second-order valence-electron chi connectivity index (χ2n) is 15.7. The molecule has 12 atom stereocenters. The molecule has 6 rings (SSSR count). The van der Waals surface area contributed by atoms with Crippen LogP contribution in [0, 0.1) is 76.9 Å². The number of fused-ring (bicyclic) bond motifs is 4. The minimum Gasteiger partial charge on any atom is -0.457 e. The van der Waals surface area contributed by atoms with Crippen molar-refractivity contribution < 1.29 is 24.5 Å². The number of carbonyl (C=O) groups excluding carboxylic acids is 1. The van der Waals surface area contributed by atoms with Gasteiger partial charge in [0.15, 0.2) is 6.10 Å². The number of hydrogen-bond acceptors (Lipinski definition) is 6. The van der Waals surface area contributed by atoms with Gasteiger partial charge in [-0.25, -0.2) is 0 Å². The summed E-state index contributed by atoms with van der Waals surface area (Å²) in [5.41, 5.74) is 0.684. The van der Waals surface area contributed by atoms with Crippen molar-refractivity contribution in [3.63, 3.8) is 0 Å². The van der Waals surface area contributed by atoms with Gasteiger partial charge in [0.1, 0.15) is 0 Å². The lowest BCUT2D eigenvalue weighted by Crippen LogP contribution is -2.57. The van der Waals surface area contributed by atoms with Crippen LogP contribution < -0.4 is 5.32 Å². The number of terminal acetylenes is 2. The Bertz CT molecular complexity index is 1020. The molecule has 1 heterocycles. The summed E-state index contributed by atoms with van der Waals surface area (Å²) in [4.78, 5) is 11.9. The number of carbonyl (C=O) groups is 1. The van der Waals surface area contributed by atoms with Gasteiger partial charge in [-0.05, 0) is 130 Å². The first-order valence-corrected chi connectivity index (χ1v) is 16.6. The van der Waals surface area contributed by atoms with E-state index in [0.717, 1.165) is 50.0 Å². The largest absolute Gasteiger partial charge is 0.457 e. The molecular formula is C38H65NO5. The Morgan fingerprint density at radius 1 is 0.932 bits per heavy atom. The fourth-order valence-electron chi connectivity index (χ4n) is 12.6. The first kappa shape index (κ1) is 38.6. The quantitative estimate of drug-likeness (QED) is 0.248. The van der Waals surface area contributed by atoms with Gasteiger partial charge < -0.3 is 25.0 Å². The molecule has 0 radical (unpaired) electrons. The highest BCUT2D eigenvalue weighted by atomic mass is 16.6. The number of hydrogen-bond donors (Lipinski definition) is 3. The number of aliphatic hydroxyl groups excluding tert-OH is 1. The van der Waals surface area contributed by atoms with E-state index < -0.39 is 11.7 Å². The Labute approximate surface area is 270 Å². The van der Waals surface area contributed by atoms with Gasteiger partial charge in [-0.15, -0.1) is 25.7 Å². The highest BCUT2D eigenvalue weighted by Gasteiger charge is 2.84. The van der Waals surface area contributed by atoms with E-state index in [1.165, 1.54) is 45.4 Å². The highest BCUT2D eigenvalue weighted by molar-refractivity contribution is 5.66. The Morgan fingerprint density at radius 2 is 1.52 bits per heavy atom. The number of rotatable bonds is 4. The Kier molecular flexibility index (Phi) is 12.0. The maximum absolute atomic E-state index is 11.9. The number of aliphatic hydroxyl groups is 2. The molecule has 0 aromatic heterocycles. The van der Waals surface area contributed by atoms with Gasteiger partial charge in [0, 0.05) is 20.1 Å². The molecule has 0 aromatic carbocycles. The van der Waals surface area contributed by atoms with Crippen LogP contribution in [-0.2, 0) is 14.3 Å². The molecule has 6 nitrogen and oxygen atoms in total. The minimum absolute atomic E-state index is 0. The maximum Gasteiger partial charge on any atom is 0.303 e. The van der Waals surface area contributed by atoms with Crippen molar-refractivity contribution in [1.82, 2.24) is 5.32 Å². The normalized spacial score (nSPS) is 44.4. The molecule has 5 aliphatic carbocycles. The van der Waals surface area contributed by atoms with Gasteiger partial charge in [0.05, 0.1) is 17.8 Å². The summed E-state index contributed by atoms with van der Waals surface area (Å²) in [6.45, 7) is 15.3. The molecule has 5 saturated carbocycles. The first-order chi connectivity index (χ1) is 20.2. The van der Waals surface area contributed by atoms with Crippen LogP contribution in [0.15, 0.2) is 0 Å². The zero-order valence-corrected chi connectivity index (χ0v) is 28.5. The second kappa shape index (κ2) is 13.7. The fraction of sp³-hybridized carbons (Fsp3) is 0.868. The SMILES string of the molecule is C.C#C.C#C.CN[C@H]1CCC23C(CC[C@H]4C5CC6O[C@@H]([C@H](OC(C)=O)C(C)(C)O)CCC6C5(C)CC[C@]42[C@@H]3C)C1(C)C.CO. The smallest absolute Gasteiger partial charge is 0.303 e. The van der Waals surface area contributed by atoms with Gasteiger partial charge in [-0.2, -0.15) is 0 Å². The van der Waals surface area contributed by atoms with Gasteiger partial charge in [-0.3, -0.25) is 4.79 Å². The van der Waals surface area contributed by atoms with Crippen molar-refractivity contribution in [3.05, 3.63) is 0 Å². The van der Waals surface area contributed by atoms with E-state index in [1.807, 2.05) is 0 Å². The van der Waals surface area contributed by atoms with Crippen molar-refractivity contribution in [2.45, 2.75) is 144 Å². The standard InChI is InChI=1S/C32H53NO4.2C2H2.CH4O.CH4/c1-18-31-16-15-30(7)21-9-11-23(27(29(5,6)35)36-19(2)34)37-24(21)17-22(30)20(31)10-12-25-28(3,4)26(33-8)13-14-32(18,25)31;3*1-2;/h18,20-27,33,35H,9-17H2,1-8H3;2*1-2H;2H,1H3;1H4/t18-,20-,21?,22?,23+,24?,25?,26-,27-,30?,31-,32?;;;;/m0..../s1. The van der Waals surface area contributed by atoms with Crippen LogP contribution in [0.25, 0.3) is 0 Å². The van der Waals surface area contributed by atoms with Crippen molar-refractivity contribution in [2.75, 3.05) is 14.2 Å². The van der Waals surface area contributed by atoms with Crippen LogP contribution in [0.2, 0.25) is 0 Å². The van der Waals surface area contributed by atoms with E-state index in [2.05, 4.69) is 65.8 Å².